The minimum absolute atomic E-state index is 0.0674. The zero-order valence-corrected chi connectivity index (χ0v) is 23.5. The van der Waals surface area contributed by atoms with Gasteiger partial charge in [0.15, 0.2) is 0 Å². The molecule has 2 aromatic heterocycles. The van der Waals surface area contributed by atoms with Crippen LogP contribution in [0.3, 0.4) is 0 Å². The van der Waals surface area contributed by atoms with E-state index in [0.29, 0.717) is 54.7 Å². The predicted molar refractivity (Wildman–Crippen MR) is 154 cm³/mol. The van der Waals surface area contributed by atoms with E-state index in [1.807, 2.05) is 24.3 Å². The summed E-state index contributed by atoms with van der Waals surface area (Å²) in [4.78, 5) is 51.2. The van der Waals surface area contributed by atoms with Gasteiger partial charge in [-0.05, 0) is 37.3 Å². The molecule has 0 radical (unpaired) electrons. The van der Waals surface area contributed by atoms with Crippen molar-refractivity contribution in [2.45, 2.75) is 24.0 Å². The summed E-state index contributed by atoms with van der Waals surface area (Å²) < 4.78 is 16.4. The van der Waals surface area contributed by atoms with Crippen molar-refractivity contribution in [3.8, 4) is 5.88 Å². The number of fused-ring (bicyclic) bond motifs is 2. The van der Waals surface area contributed by atoms with E-state index in [1.54, 1.807) is 37.3 Å². The van der Waals surface area contributed by atoms with Gasteiger partial charge in [0.25, 0.3) is 0 Å². The van der Waals surface area contributed by atoms with Crippen LogP contribution < -0.4 is 25.2 Å². The quantitative estimate of drug-likeness (QED) is 0.382. The SMILES string of the molecule is CCOC(=O)[C@H]1CN(c2ccnc3ccc(OC)nc23)C[C@@H]1NC[C@H]1CN(c2ccc3c(c2)NC(=O)CS3)C(=O)O1. The first-order valence-electron chi connectivity index (χ1n) is 13.4. The molecule has 214 valence electrons. The number of aromatic nitrogens is 2. The monoisotopic (exact) mass is 578 g/mol. The third-order valence-corrected chi connectivity index (χ3v) is 8.46. The highest BCUT2D eigenvalue weighted by Gasteiger charge is 2.41. The number of rotatable bonds is 8. The molecule has 41 heavy (non-hydrogen) atoms. The van der Waals surface area contributed by atoms with Gasteiger partial charge >= 0.3 is 12.1 Å². The van der Waals surface area contributed by atoms with Crippen LogP contribution in [0.25, 0.3) is 11.0 Å². The summed E-state index contributed by atoms with van der Waals surface area (Å²) in [6, 6.07) is 10.8. The molecule has 0 bridgehead atoms. The smallest absolute Gasteiger partial charge is 0.414 e. The molecule has 2 saturated heterocycles. The van der Waals surface area contributed by atoms with Gasteiger partial charge in [0.2, 0.25) is 11.8 Å². The largest absolute Gasteiger partial charge is 0.481 e. The maximum atomic E-state index is 13.0. The number of amides is 2. The van der Waals surface area contributed by atoms with E-state index in [0.717, 1.165) is 16.1 Å². The lowest BCUT2D eigenvalue weighted by molar-refractivity contribution is -0.147. The Morgan fingerprint density at radius 3 is 2.90 bits per heavy atom. The Balaban J connectivity index is 1.16. The van der Waals surface area contributed by atoms with Crippen molar-refractivity contribution in [3.05, 3.63) is 42.6 Å². The highest BCUT2D eigenvalue weighted by molar-refractivity contribution is 8.00. The van der Waals surface area contributed by atoms with Crippen LogP contribution in [0.5, 0.6) is 5.88 Å². The lowest BCUT2D eigenvalue weighted by Gasteiger charge is -2.21. The molecule has 3 aromatic rings. The van der Waals surface area contributed by atoms with Crippen LogP contribution in [0.1, 0.15) is 6.92 Å². The number of hydrogen-bond acceptors (Lipinski definition) is 11. The number of hydrogen-bond donors (Lipinski definition) is 2. The number of nitrogens with one attached hydrogen (secondary N) is 2. The van der Waals surface area contributed by atoms with Gasteiger partial charge in [0.1, 0.15) is 11.6 Å². The van der Waals surface area contributed by atoms with Crippen LogP contribution in [0.15, 0.2) is 47.5 Å². The minimum atomic E-state index is -0.454. The van der Waals surface area contributed by atoms with Crippen molar-refractivity contribution in [3.63, 3.8) is 0 Å². The molecule has 0 spiro atoms. The third-order valence-electron chi connectivity index (χ3n) is 7.39. The van der Waals surface area contributed by atoms with Crippen LogP contribution in [0.4, 0.5) is 21.9 Å². The Morgan fingerprint density at radius 2 is 2.07 bits per heavy atom. The molecule has 0 saturated carbocycles. The van der Waals surface area contributed by atoms with Crippen molar-refractivity contribution < 1.29 is 28.6 Å². The Labute approximate surface area is 240 Å². The van der Waals surface area contributed by atoms with Crippen molar-refractivity contribution >= 4 is 57.8 Å². The molecule has 12 nitrogen and oxygen atoms in total. The van der Waals surface area contributed by atoms with E-state index in [1.165, 1.54) is 11.8 Å². The lowest BCUT2D eigenvalue weighted by atomic mass is 10.0. The molecule has 0 aliphatic carbocycles. The van der Waals surface area contributed by atoms with Gasteiger partial charge < -0.3 is 29.7 Å². The van der Waals surface area contributed by atoms with Gasteiger partial charge in [-0.2, -0.15) is 0 Å². The van der Waals surface area contributed by atoms with Gasteiger partial charge in [-0.15, -0.1) is 11.8 Å². The number of carbonyl (C=O) groups is 3. The highest BCUT2D eigenvalue weighted by Crippen LogP contribution is 2.36. The highest BCUT2D eigenvalue weighted by atomic mass is 32.2. The number of cyclic esters (lactones) is 1. The van der Waals surface area contributed by atoms with Gasteiger partial charge in [-0.3, -0.25) is 19.5 Å². The maximum Gasteiger partial charge on any atom is 0.414 e. The van der Waals surface area contributed by atoms with Crippen molar-refractivity contribution in [2.75, 3.05) is 60.8 Å². The molecular formula is C28H30N6O6S. The maximum absolute atomic E-state index is 13.0. The van der Waals surface area contributed by atoms with Gasteiger partial charge in [-0.1, -0.05) is 0 Å². The number of esters is 1. The van der Waals surface area contributed by atoms with E-state index in [9.17, 15) is 14.4 Å². The van der Waals surface area contributed by atoms with Gasteiger partial charge in [-0.25, -0.2) is 9.78 Å². The topological polar surface area (TPSA) is 135 Å². The summed E-state index contributed by atoms with van der Waals surface area (Å²) >= 11 is 1.47. The van der Waals surface area contributed by atoms with E-state index >= 15 is 0 Å². The lowest BCUT2D eigenvalue weighted by Crippen LogP contribution is -2.44. The molecule has 2 fully saturated rings. The Hall–Kier alpha value is -4.10. The summed E-state index contributed by atoms with van der Waals surface area (Å²) in [6.07, 6.45) is 0.848. The molecular weight excluding hydrogens is 548 g/mol. The summed E-state index contributed by atoms with van der Waals surface area (Å²) in [7, 11) is 1.57. The molecule has 13 heteroatoms. The molecule has 3 atom stereocenters. The summed E-state index contributed by atoms with van der Waals surface area (Å²) in [5.74, 6) is 0.0748. The Bertz CT molecular complexity index is 1500. The molecule has 3 aliphatic heterocycles. The molecule has 5 heterocycles. The summed E-state index contributed by atoms with van der Waals surface area (Å²) in [5, 5.41) is 6.32. The first-order valence-corrected chi connectivity index (χ1v) is 14.4. The summed E-state index contributed by atoms with van der Waals surface area (Å²) in [5.41, 5.74) is 3.62. The second kappa shape index (κ2) is 11.4. The number of pyridine rings is 2. The van der Waals surface area contributed by atoms with Crippen LogP contribution in [0, 0.1) is 5.92 Å². The second-order valence-electron chi connectivity index (χ2n) is 9.96. The van der Waals surface area contributed by atoms with Gasteiger partial charge in [0.05, 0.1) is 48.8 Å². The van der Waals surface area contributed by atoms with Crippen molar-refractivity contribution in [2.24, 2.45) is 5.92 Å². The Morgan fingerprint density at radius 1 is 1.20 bits per heavy atom. The molecule has 3 aliphatic rings. The third kappa shape index (κ3) is 5.46. The van der Waals surface area contributed by atoms with Crippen LogP contribution in [-0.2, 0) is 19.1 Å². The zero-order valence-electron chi connectivity index (χ0n) is 22.7. The average Bonchev–Trinajstić information content (AvgIpc) is 3.58. The van der Waals surface area contributed by atoms with E-state index in [2.05, 4.69) is 25.5 Å². The second-order valence-corrected chi connectivity index (χ2v) is 11.0. The minimum Gasteiger partial charge on any atom is -0.481 e. The Kier molecular flexibility index (Phi) is 7.54. The molecule has 6 rings (SSSR count). The standard InChI is InChI=1S/C28H30N6O6S/c1-3-39-27(36)18-13-33(22-8-9-29-19-5-7-25(38-2)32-26(19)22)14-21(18)30-11-17-12-34(28(37)40-17)16-4-6-23-20(10-16)31-24(35)15-41-23/h4-10,17-18,21,30H,3,11-15H2,1-2H3,(H,31,35)/t17-,18-,21-/m0/s1. The molecule has 2 N–H and O–H groups in total. The zero-order chi connectivity index (χ0) is 28.5. The number of nitrogens with zero attached hydrogens (tertiary/aromatic N) is 4. The van der Waals surface area contributed by atoms with Crippen LogP contribution in [0.2, 0.25) is 0 Å². The van der Waals surface area contributed by atoms with Crippen molar-refractivity contribution in [1.29, 1.82) is 0 Å². The van der Waals surface area contributed by atoms with E-state index < -0.39 is 18.1 Å². The average molecular weight is 579 g/mol. The predicted octanol–water partition coefficient (Wildman–Crippen LogP) is 2.67. The van der Waals surface area contributed by atoms with E-state index in [4.69, 9.17) is 14.2 Å². The fourth-order valence-corrected chi connectivity index (χ4v) is 6.21. The van der Waals surface area contributed by atoms with Crippen molar-refractivity contribution in [1.82, 2.24) is 15.3 Å². The number of thioether (sulfide) groups is 1. The van der Waals surface area contributed by atoms with Crippen LogP contribution >= 0.6 is 11.8 Å². The van der Waals surface area contributed by atoms with Gasteiger partial charge in [0, 0.05) is 48.5 Å². The molecule has 2 amide bonds. The number of methoxy groups -OCH3 is 1. The number of anilines is 3. The van der Waals surface area contributed by atoms with Crippen LogP contribution in [-0.4, -0.2) is 85.7 Å². The molecule has 1 aromatic carbocycles. The molecule has 0 unspecified atom stereocenters. The van der Waals surface area contributed by atoms with E-state index in [-0.39, 0.29) is 24.5 Å². The number of benzene rings is 1. The fraction of sp³-hybridized carbons (Fsp3) is 0.393. The summed E-state index contributed by atoms with van der Waals surface area (Å²) in [6.45, 7) is 3.73. The first kappa shape index (κ1) is 27.1. The number of ether oxygens (including phenoxy) is 3. The number of carbonyl (C=O) groups excluding carboxylic acids is 3. The fourth-order valence-electron chi connectivity index (χ4n) is 5.42. The normalized spacial score (nSPS) is 22.0. The first-order chi connectivity index (χ1) is 19.9.